The van der Waals surface area contributed by atoms with E-state index in [1.54, 1.807) is 24.3 Å². The van der Waals surface area contributed by atoms with Crippen LogP contribution in [0.2, 0.25) is 0 Å². The van der Waals surface area contributed by atoms with Crippen LogP contribution in [0.5, 0.6) is 0 Å². The zero-order valence-electron chi connectivity index (χ0n) is 12.0. The fourth-order valence-electron chi connectivity index (χ4n) is 2.51. The lowest BCUT2D eigenvalue weighted by Crippen LogP contribution is -2.26. The van der Waals surface area contributed by atoms with E-state index in [0.717, 1.165) is 5.56 Å². The highest BCUT2D eigenvalue weighted by Crippen LogP contribution is 2.27. The number of Topliss-reactive ketones (excluding diaryl/α,β-unsaturated/α-hetero) is 1. The number of benzene rings is 1. The van der Waals surface area contributed by atoms with E-state index in [9.17, 15) is 9.59 Å². The molecule has 0 spiro atoms. The number of ketones is 1. The summed E-state index contributed by atoms with van der Waals surface area (Å²) in [5.74, 6) is 0.835. The smallest absolute Gasteiger partial charge is 0.407 e. The summed E-state index contributed by atoms with van der Waals surface area (Å²) < 4.78 is 5.26. The average molecular weight is 301 g/mol. The predicted octanol–water partition coefficient (Wildman–Crippen LogP) is 2.41. The van der Waals surface area contributed by atoms with Gasteiger partial charge in [0, 0.05) is 24.2 Å². The van der Waals surface area contributed by atoms with Crippen molar-refractivity contribution in [1.29, 1.82) is 0 Å². The minimum atomic E-state index is -0.929. The lowest BCUT2D eigenvalue weighted by molar-refractivity contribution is 0.101. The van der Waals surface area contributed by atoms with Crippen LogP contribution >= 0.6 is 0 Å². The molecule has 22 heavy (non-hydrogen) atoms. The first kappa shape index (κ1) is 14.2. The minimum absolute atomic E-state index is 0.0000636. The van der Waals surface area contributed by atoms with Gasteiger partial charge in [0.05, 0.1) is 5.92 Å². The molecule has 7 heteroatoms. The molecule has 2 heterocycles. The summed E-state index contributed by atoms with van der Waals surface area (Å²) >= 11 is 0. The van der Waals surface area contributed by atoms with Crippen molar-refractivity contribution in [2.75, 3.05) is 13.1 Å². The Hall–Kier alpha value is -2.70. The van der Waals surface area contributed by atoms with Gasteiger partial charge in [-0.3, -0.25) is 4.79 Å². The van der Waals surface area contributed by atoms with Crippen molar-refractivity contribution in [1.82, 2.24) is 15.0 Å². The molecule has 0 bridgehead atoms. The van der Waals surface area contributed by atoms with E-state index in [2.05, 4.69) is 10.1 Å². The van der Waals surface area contributed by atoms with Gasteiger partial charge in [-0.05, 0) is 13.3 Å². The highest BCUT2D eigenvalue weighted by atomic mass is 16.5. The summed E-state index contributed by atoms with van der Waals surface area (Å²) in [6.07, 6.45) is -0.251. The molecule has 0 saturated carbocycles. The normalized spacial score (nSPS) is 17.7. The standard InChI is InChI=1S/C15H15N3O4/c1-9(19)10-2-4-11(5-3-10)13-16-14(22-17-13)12-6-7-18(8-12)15(20)21/h2-5,12H,6-8H2,1H3,(H,20,21). The third kappa shape index (κ3) is 2.69. The largest absolute Gasteiger partial charge is 0.465 e. The number of carboxylic acid groups (broad SMARTS) is 1. The first-order valence-corrected chi connectivity index (χ1v) is 6.97. The number of carbonyl (C=O) groups excluding carboxylic acids is 1. The quantitative estimate of drug-likeness (QED) is 0.874. The fourth-order valence-corrected chi connectivity index (χ4v) is 2.51. The molecular formula is C15H15N3O4. The van der Waals surface area contributed by atoms with Gasteiger partial charge in [-0.15, -0.1) is 0 Å². The van der Waals surface area contributed by atoms with Gasteiger partial charge in [-0.1, -0.05) is 29.4 Å². The summed E-state index contributed by atoms with van der Waals surface area (Å²) in [7, 11) is 0. The maximum absolute atomic E-state index is 11.3. The number of amides is 1. The summed E-state index contributed by atoms with van der Waals surface area (Å²) in [6.45, 7) is 2.36. The van der Waals surface area contributed by atoms with Crippen molar-refractivity contribution in [3.8, 4) is 11.4 Å². The molecule has 1 saturated heterocycles. The molecule has 1 aromatic heterocycles. The molecule has 1 aliphatic rings. The first-order chi connectivity index (χ1) is 10.5. The Labute approximate surface area is 126 Å². The molecule has 1 N–H and O–H groups in total. The number of hydrogen-bond acceptors (Lipinski definition) is 5. The Morgan fingerprint density at radius 3 is 2.64 bits per heavy atom. The Morgan fingerprint density at radius 2 is 2.05 bits per heavy atom. The third-order valence-corrected chi connectivity index (χ3v) is 3.80. The van der Waals surface area contributed by atoms with Crippen molar-refractivity contribution < 1.29 is 19.2 Å². The maximum Gasteiger partial charge on any atom is 0.407 e. The van der Waals surface area contributed by atoms with Crippen LogP contribution in [0.25, 0.3) is 11.4 Å². The number of hydrogen-bond donors (Lipinski definition) is 1. The van der Waals surface area contributed by atoms with Crippen LogP contribution in [-0.2, 0) is 0 Å². The molecular weight excluding hydrogens is 286 g/mol. The monoisotopic (exact) mass is 301 g/mol. The van der Waals surface area contributed by atoms with Crippen LogP contribution < -0.4 is 0 Å². The summed E-state index contributed by atoms with van der Waals surface area (Å²) in [5, 5.41) is 12.9. The molecule has 2 aromatic rings. The second-order valence-corrected chi connectivity index (χ2v) is 5.30. The Balaban J connectivity index is 1.76. The Morgan fingerprint density at radius 1 is 1.32 bits per heavy atom. The first-order valence-electron chi connectivity index (χ1n) is 6.97. The fraction of sp³-hybridized carbons (Fsp3) is 0.333. The van der Waals surface area contributed by atoms with Crippen molar-refractivity contribution in [2.45, 2.75) is 19.3 Å². The molecule has 1 amide bonds. The van der Waals surface area contributed by atoms with Crippen LogP contribution in [0.3, 0.4) is 0 Å². The van der Waals surface area contributed by atoms with E-state index in [-0.39, 0.29) is 11.7 Å². The van der Waals surface area contributed by atoms with Gasteiger partial charge >= 0.3 is 6.09 Å². The zero-order chi connectivity index (χ0) is 15.7. The second-order valence-electron chi connectivity index (χ2n) is 5.30. The molecule has 1 unspecified atom stereocenters. The van der Waals surface area contributed by atoms with Crippen LogP contribution in [0.15, 0.2) is 28.8 Å². The topological polar surface area (TPSA) is 96.5 Å². The van der Waals surface area contributed by atoms with E-state index < -0.39 is 6.09 Å². The van der Waals surface area contributed by atoms with Gasteiger partial charge in [0.25, 0.3) is 0 Å². The van der Waals surface area contributed by atoms with Crippen LogP contribution in [0, 0.1) is 0 Å². The highest BCUT2D eigenvalue weighted by Gasteiger charge is 2.31. The summed E-state index contributed by atoms with van der Waals surface area (Å²) in [6, 6.07) is 6.97. The highest BCUT2D eigenvalue weighted by molar-refractivity contribution is 5.94. The van der Waals surface area contributed by atoms with Crippen LogP contribution in [-0.4, -0.2) is 45.1 Å². The molecule has 0 radical (unpaired) electrons. The lowest BCUT2D eigenvalue weighted by atomic mass is 10.1. The zero-order valence-corrected chi connectivity index (χ0v) is 12.0. The van der Waals surface area contributed by atoms with Crippen molar-refractivity contribution in [3.63, 3.8) is 0 Å². The number of carbonyl (C=O) groups is 2. The number of rotatable bonds is 3. The summed E-state index contributed by atoms with van der Waals surface area (Å²) in [5.41, 5.74) is 1.38. The van der Waals surface area contributed by atoms with Gasteiger partial charge in [0.2, 0.25) is 11.7 Å². The van der Waals surface area contributed by atoms with Gasteiger partial charge < -0.3 is 14.5 Å². The van der Waals surface area contributed by atoms with Gasteiger partial charge in [-0.2, -0.15) is 4.98 Å². The van der Waals surface area contributed by atoms with Crippen molar-refractivity contribution >= 4 is 11.9 Å². The van der Waals surface area contributed by atoms with Gasteiger partial charge in [0.1, 0.15) is 0 Å². The van der Waals surface area contributed by atoms with E-state index in [4.69, 9.17) is 9.63 Å². The number of aromatic nitrogens is 2. The lowest BCUT2D eigenvalue weighted by Gasteiger charge is -2.09. The van der Waals surface area contributed by atoms with E-state index in [1.165, 1.54) is 11.8 Å². The van der Waals surface area contributed by atoms with Gasteiger partial charge in [-0.25, -0.2) is 4.79 Å². The third-order valence-electron chi connectivity index (χ3n) is 3.80. The SMILES string of the molecule is CC(=O)c1ccc(-c2noc(C3CCN(C(=O)O)C3)n2)cc1. The molecule has 114 valence electrons. The summed E-state index contributed by atoms with van der Waals surface area (Å²) in [4.78, 5) is 27.9. The maximum atomic E-state index is 11.3. The molecule has 1 atom stereocenters. The molecule has 1 aromatic carbocycles. The van der Waals surface area contributed by atoms with Crippen LogP contribution in [0.4, 0.5) is 4.79 Å². The minimum Gasteiger partial charge on any atom is -0.465 e. The average Bonchev–Trinajstić information content (AvgIpc) is 3.16. The molecule has 1 aliphatic heterocycles. The van der Waals surface area contributed by atoms with E-state index in [0.29, 0.717) is 36.8 Å². The molecule has 0 aliphatic carbocycles. The molecule has 1 fully saturated rings. The number of likely N-dealkylation sites (tertiary alicyclic amines) is 1. The predicted molar refractivity (Wildman–Crippen MR) is 76.7 cm³/mol. The molecule has 3 rings (SSSR count). The van der Waals surface area contributed by atoms with E-state index >= 15 is 0 Å². The molecule has 7 nitrogen and oxygen atoms in total. The number of nitrogens with zero attached hydrogens (tertiary/aromatic N) is 3. The second kappa shape index (κ2) is 5.59. The van der Waals surface area contributed by atoms with Crippen molar-refractivity contribution in [2.24, 2.45) is 0 Å². The van der Waals surface area contributed by atoms with Crippen LogP contribution in [0.1, 0.15) is 35.5 Å². The Kier molecular flexibility index (Phi) is 3.62. The van der Waals surface area contributed by atoms with E-state index in [1.807, 2.05) is 0 Å². The van der Waals surface area contributed by atoms with Gasteiger partial charge in [0.15, 0.2) is 5.78 Å². The Bertz CT molecular complexity index is 708. The van der Waals surface area contributed by atoms with Crippen molar-refractivity contribution in [3.05, 3.63) is 35.7 Å².